The van der Waals surface area contributed by atoms with E-state index in [1.165, 1.54) is 0 Å². The van der Waals surface area contributed by atoms with Gasteiger partial charge in [-0.15, -0.1) is 0 Å². The van der Waals surface area contributed by atoms with Crippen molar-refractivity contribution < 1.29 is 19.8 Å². The standard InChI is InChI=1S/C17H21NO4/c1-10-8-12-9-14(19)6-7-15(12)16(20)18(10)13-4-2-11(3-5-13)17(21)22/h6-7,9-11,13,19H,2-5,8H2,1H3,(H,21,22)/t10?,11-,13-. The monoisotopic (exact) mass is 303 g/mol. The molecule has 2 N–H and O–H groups in total. The van der Waals surface area contributed by atoms with E-state index in [0.717, 1.165) is 24.8 Å². The third-order valence-electron chi connectivity index (χ3n) is 4.98. The molecule has 118 valence electrons. The third kappa shape index (κ3) is 2.56. The fourth-order valence-electron chi connectivity index (χ4n) is 3.84. The van der Waals surface area contributed by atoms with Gasteiger partial charge in [-0.25, -0.2) is 0 Å². The first-order valence-corrected chi connectivity index (χ1v) is 7.84. The highest BCUT2D eigenvalue weighted by molar-refractivity contribution is 5.97. The Balaban J connectivity index is 1.79. The molecule has 1 aliphatic carbocycles. The molecule has 1 amide bonds. The van der Waals surface area contributed by atoms with Gasteiger partial charge in [-0.2, -0.15) is 0 Å². The highest BCUT2D eigenvalue weighted by atomic mass is 16.4. The van der Waals surface area contributed by atoms with Gasteiger partial charge >= 0.3 is 5.97 Å². The summed E-state index contributed by atoms with van der Waals surface area (Å²) in [5.41, 5.74) is 1.56. The molecule has 1 saturated carbocycles. The van der Waals surface area contributed by atoms with Crippen molar-refractivity contribution in [1.29, 1.82) is 0 Å². The second-order valence-corrected chi connectivity index (χ2v) is 6.45. The summed E-state index contributed by atoms with van der Waals surface area (Å²) < 4.78 is 0. The molecule has 2 aliphatic rings. The second-order valence-electron chi connectivity index (χ2n) is 6.45. The number of hydrogen-bond acceptors (Lipinski definition) is 3. The molecule has 0 saturated heterocycles. The molecule has 0 bridgehead atoms. The molecule has 1 aromatic carbocycles. The molecule has 0 aromatic heterocycles. The van der Waals surface area contributed by atoms with Gasteiger partial charge in [-0.05, 0) is 62.8 Å². The van der Waals surface area contributed by atoms with Crippen LogP contribution in [0.3, 0.4) is 0 Å². The largest absolute Gasteiger partial charge is 0.508 e. The van der Waals surface area contributed by atoms with E-state index in [9.17, 15) is 14.7 Å². The van der Waals surface area contributed by atoms with Gasteiger partial charge in [-0.3, -0.25) is 9.59 Å². The molecule has 3 rings (SSSR count). The predicted octanol–water partition coefficient (Wildman–Crippen LogP) is 2.42. The Hall–Kier alpha value is -2.04. The lowest BCUT2D eigenvalue weighted by Gasteiger charge is -2.42. The molecule has 0 radical (unpaired) electrons. The Morgan fingerprint density at radius 2 is 1.91 bits per heavy atom. The number of amides is 1. The number of carboxylic acid groups (broad SMARTS) is 1. The van der Waals surface area contributed by atoms with Crippen LogP contribution in [0.5, 0.6) is 5.75 Å². The molecule has 1 atom stereocenters. The summed E-state index contributed by atoms with van der Waals surface area (Å²) in [5, 5.41) is 18.7. The summed E-state index contributed by atoms with van der Waals surface area (Å²) in [6.07, 6.45) is 3.51. The maximum absolute atomic E-state index is 12.8. The number of nitrogens with zero attached hydrogens (tertiary/aromatic N) is 1. The Morgan fingerprint density at radius 1 is 1.23 bits per heavy atom. The van der Waals surface area contributed by atoms with Crippen molar-refractivity contribution >= 4 is 11.9 Å². The van der Waals surface area contributed by atoms with Crippen LogP contribution in [0.15, 0.2) is 18.2 Å². The van der Waals surface area contributed by atoms with Gasteiger partial charge in [0.15, 0.2) is 0 Å². The highest BCUT2D eigenvalue weighted by Gasteiger charge is 2.37. The van der Waals surface area contributed by atoms with Crippen LogP contribution >= 0.6 is 0 Å². The first kappa shape index (κ1) is 14.9. The van der Waals surface area contributed by atoms with E-state index in [2.05, 4.69) is 0 Å². The smallest absolute Gasteiger partial charge is 0.306 e. The number of aliphatic carboxylic acids is 1. The molecule has 22 heavy (non-hydrogen) atoms. The molecule has 5 nitrogen and oxygen atoms in total. The maximum Gasteiger partial charge on any atom is 0.306 e. The fourth-order valence-corrected chi connectivity index (χ4v) is 3.84. The molecule has 1 aromatic rings. The number of carbonyl (C=O) groups is 2. The number of aromatic hydroxyl groups is 1. The van der Waals surface area contributed by atoms with Crippen molar-refractivity contribution in [3.8, 4) is 5.75 Å². The lowest BCUT2D eigenvalue weighted by molar-refractivity contribution is -0.143. The van der Waals surface area contributed by atoms with Gasteiger partial charge in [0, 0.05) is 17.6 Å². The summed E-state index contributed by atoms with van der Waals surface area (Å²) >= 11 is 0. The number of phenolic OH excluding ortho intramolecular Hbond substituents is 1. The predicted molar refractivity (Wildman–Crippen MR) is 80.8 cm³/mol. The normalized spacial score (nSPS) is 28.3. The van der Waals surface area contributed by atoms with E-state index in [0.29, 0.717) is 18.4 Å². The fraction of sp³-hybridized carbons (Fsp3) is 0.529. The lowest BCUT2D eigenvalue weighted by Crippen LogP contribution is -2.51. The van der Waals surface area contributed by atoms with Gasteiger partial charge in [0.1, 0.15) is 5.75 Å². The van der Waals surface area contributed by atoms with Crippen molar-refractivity contribution in [2.24, 2.45) is 5.92 Å². The number of fused-ring (bicyclic) bond motifs is 1. The number of benzene rings is 1. The van der Waals surface area contributed by atoms with Crippen LogP contribution in [0, 0.1) is 5.92 Å². The van der Waals surface area contributed by atoms with Gasteiger partial charge in [-0.1, -0.05) is 0 Å². The Morgan fingerprint density at radius 3 is 2.55 bits per heavy atom. The summed E-state index contributed by atoms with van der Waals surface area (Å²) in [6, 6.07) is 5.11. The average molecular weight is 303 g/mol. The number of carboxylic acids is 1. The Labute approximate surface area is 129 Å². The van der Waals surface area contributed by atoms with E-state index in [4.69, 9.17) is 5.11 Å². The molecular formula is C17H21NO4. The second kappa shape index (κ2) is 5.63. The zero-order valence-electron chi connectivity index (χ0n) is 12.7. The zero-order chi connectivity index (χ0) is 15.9. The summed E-state index contributed by atoms with van der Waals surface area (Å²) in [6.45, 7) is 2.02. The minimum atomic E-state index is -0.725. The number of rotatable bonds is 2. The highest BCUT2D eigenvalue weighted by Crippen LogP contribution is 2.34. The van der Waals surface area contributed by atoms with Crippen LogP contribution in [0.25, 0.3) is 0 Å². The third-order valence-corrected chi connectivity index (χ3v) is 4.98. The van der Waals surface area contributed by atoms with Gasteiger partial charge in [0.05, 0.1) is 5.92 Å². The van der Waals surface area contributed by atoms with Crippen LogP contribution in [0.1, 0.15) is 48.5 Å². The minimum Gasteiger partial charge on any atom is -0.508 e. The van der Waals surface area contributed by atoms with Crippen molar-refractivity contribution in [3.63, 3.8) is 0 Å². The van der Waals surface area contributed by atoms with Crippen molar-refractivity contribution in [3.05, 3.63) is 29.3 Å². The molecular weight excluding hydrogens is 282 g/mol. The van der Waals surface area contributed by atoms with E-state index in [-0.39, 0.29) is 29.7 Å². The van der Waals surface area contributed by atoms with Crippen LogP contribution in [-0.2, 0) is 11.2 Å². The SMILES string of the molecule is CC1Cc2cc(O)ccc2C(=O)N1[C@H]1CC[C@H](C(=O)O)CC1. The summed E-state index contributed by atoms with van der Waals surface area (Å²) in [4.78, 5) is 25.8. The van der Waals surface area contributed by atoms with Gasteiger partial charge in [0.25, 0.3) is 5.91 Å². The lowest BCUT2D eigenvalue weighted by atomic mass is 9.83. The molecule has 1 unspecified atom stereocenters. The first-order valence-electron chi connectivity index (χ1n) is 7.84. The summed E-state index contributed by atoms with van der Waals surface area (Å²) in [5.74, 6) is -0.797. The Bertz CT molecular complexity index is 605. The van der Waals surface area contributed by atoms with E-state index < -0.39 is 5.97 Å². The number of hydrogen-bond donors (Lipinski definition) is 2. The molecule has 5 heteroatoms. The van der Waals surface area contributed by atoms with Crippen LogP contribution in [0.2, 0.25) is 0 Å². The number of carbonyl (C=O) groups excluding carboxylic acids is 1. The van der Waals surface area contributed by atoms with Gasteiger partial charge in [0.2, 0.25) is 0 Å². The molecule has 1 heterocycles. The topological polar surface area (TPSA) is 77.8 Å². The van der Waals surface area contributed by atoms with Crippen molar-refractivity contribution in [1.82, 2.24) is 4.90 Å². The van der Waals surface area contributed by atoms with Crippen LogP contribution < -0.4 is 0 Å². The van der Waals surface area contributed by atoms with Crippen LogP contribution in [0.4, 0.5) is 0 Å². The quantitative estimate of drug-likeness (QED) is 0.879. The molecule has 0 spiro atoms. The summed E-state index contributed by atoms with van der Waals surface area (Å²) in [7, 11) is 0. The number of phenols is 1. The molecule has 1 aliphatic heterocycles. The van der Waals surface area contributed by atoms with Gasteiger partial charge < -0.3 is 15.1 Å². The van der Waals surface area contributed by atoms with Crippen molar-refractivity contribution in [2.75, 3.05) is 0 Å². The first-order chi connectivity index (χ1) is 10.5. The minimum absolute atomic E-state index is 0.00697. The zero-order valence-corrected chi connectivity index (χ0v) is 12.7. The average Bonchev–Trinajstić information content (AvgIpc) is 2.47. The van der Waals surface area contributed by atoms with E-state index in [1.807, 2.05) is 11.8 Å². The van der Waals surface area contributed by atoms with E-state index in [1.54, 1.807) is 18.2 Å². The molecule has 1 fully saturated rings. The Kier molecular flexibility index (Phi) is 3.81. The van der Waals surface area contributed by atoms with Crippen molar-refractivity contribution in [2.45, 2.75) is 51.1 Å². The van der Waals surface area contributed by atoms with E-state index >= 15 is 0 Å². The van der Waals surface area contributed by atoms with Crippen LogP contribution in [-0.4, -0.2) is 39.1 Å². The maximum atomic E-state index is 12.8.